The van der Waals surface area contributed by atoms with Crippen LogP contribution in [-0.2, 0) is 11.2 Å². The zero-order valence-corrected chi connectivity index (χ0v) is 6.65. The molecule has 10 heavy (non-hydrogen) atoms. The summed E-state index contributed by atoms with van der Waals surface area (Å²) in [7, 11) is 0. The van der Waals surface area contributed by atoms with Gasteiger partial charge in [0.25, 0.3) is 0 Å². The summed E-state index contributed by atoms with van der Waals surface area (Å²) < 4.78 is 0. The minimum absolute atomic E-state index is 0.230. The lowest BCUT2D eigenvalue weighted by Gasteiger charge is -1.89. The molecule has 0 aromatic carbocycles. The van der Waals surface area contributed by atoms with Crippen molar-refractivity contribution in [2.45, 2.75) is 19.8 Å². The minimum Gasteiger partial charge on any atom is -0.300 e. The lowest BCUT2D eigenvalue weighted by Crippen LogP contribution is -1.93. The molecule has 0 spiro atoms. The SMILES string of the molecule is CC(=O)CCc1cscn1. The van der Waals surface area contributed by atoms with Crippen molar-refractivity contribution in [3.8, 4) is 0 Å². The van der Waals surface area contributed by atoms with Crippen LogP contribution in [0.25, 0.3) is 0 Å². The molecule has 0 atom stereocenters. The van der Waals surface area contributed by atoms with Gasteiger partial charge >= 0.3 is 0 Å². The Morgan fingerprint density at radius 1 is 1.80 bits per heavy atom. The second-order valence-corrected chi connectivity index (χ2v) is 2.90. The molecular formula is C7H9NOS. The number of aromatic nitrogens is 1. The molecule has 1 heterocycles. The highest BCUT2D eigenvalue weighted by Gasteiger charge is 1.96. The van der Waals surface area contributed by atoms with Crippen LogP contribution >= 0.6 is 11.3 Å². The Balaban J connectivity index is 2.35. The third-order valence-corrected chi connectivity index (χ3v) is 1.85. The van der Waals surface area contributed by atoms with E-state index in [2.05, 4.69) is 4.98 Å². The van der Waals surface area contributed by atoms with Gasteiger partial charge in [-0.2, -0.15) is 0 Å². The molecule has 0 bridgehead atoms. The molecule has 1 rings (SSSR count). The van der Waals surface area contributed by atoms with Crippen molar-refractivity contribution >= 4 is 17.1 Å². The second kappa shape index (κ2) is 3.46. The van der Waals surface area contributed by atoms with Gasteiger partial charge in [0.1, 0.15) is 5.78 Å². The number of aryl methyl sites for hydroxylation is 1. The van der Waals surface area contributed by atoms with Gasteiger partial charge in [0.15, 0.2) is 0 Å². The van der Waals surface area contributed by atoms with Crippen LogP contribution in [-0.4, -0.2) is 10.8 Å². The van der Waals surface area contributed by atoms with Gasteiger partial charge in [-0.3, -0.25) is 0 Å². The molecule has 0 fully saturated rings. The summed E-state index contributed by atoms with van der Waals surface area (Å²) in [6, 6.07) is 0. The number of nitrogens with zero attached hydrogens (tertiary/aromatic N) is 1. The largest absolute Gasteiger partial charge is 0.300 e. The number of Topliss-reactive ketones (excluding diaryl/α,β-unsaturated/α-hetero) is 1. The number of rotatable bonds is 3. The van der Waals surface area contributed by atoms with E-state index in [0.29, 0.717) is 6.42 Å². The number of carbonyl (C=O) groups is 1. The molecule has 0 saturated carbocycles. The molecule has 0 saturated heterocycles. The van der Waals surface area contributed by atoms with Crippen LogP contribution in [0.2, 0.25) is 0 Å². The van der Waals surface area contributed by atoms with Crippen LogP contribution in [0.15, 0.2) is 10.9 Å². The van der Waals surface area contributed by atoms with Gasteiger partial charge in [-0.25, -0.2) is 4.98 Å². The molecule has 1 aromatic rings. The number of hydrogen-bond acceptors (Lipinski definition) is 3. The molecule has 3 heteroatoms. The van der Waals surface area contributed by atoms with Crippen molar-refractivity contribution in [2.75, 3.05) is 0 Å². The first kappa shape index (κ1) is 7.41. The predicted octanol–water partition coefficient (Wildman–Crippen LogP) is 1.66. The standard InChI is InChI=1S/C7H9NOS/c1-6(9)2-3-7-4-10-5-8-7/h4-5H,2-3H2,1H3. The zero-order valence-electron chi connectivity index (χ0n) is 5.83. The molecule has 0 aliphatic rings. The topological polar surface area (TPSA) is 30.0 Å². The Labute approximate surface area is 63.9 Å². The van der Waals surface area contributed by atoms with E-state index in [-0.39, 0.29) is 5.78 Å². The molecule has 1 aromatic heterocycles. The molecule has 0 amide bonds. The van der Waals surface area contributed by atoms with Crippen molar-refractivity contribution in [3.05, 3.63) is 16.6 Å². The highest BCUT2D eigenvalue weighted by Crippen LogP contribution is 2.03. The van der Waals surface area contributed by atoms with E-state index in [1.54, 1.807) is 23.8 Å². The molecule has 0 unspecified atom stereocenters. The maximum Gasteiger partial charge on any atom is 0.130 e. The molecule has 0 aliphatic heterocycles. The summed E-state index contributed by atoms with van der Waals surface area (Å²) >= 11 is 1.57. The van der Waals surface area contributed by atoms with Gasteiger partial charge in [-0.15, -0.1) is 11.3 Å². The van der Waals surface area contributed by atoms with Crippen molar-refractivity contribution in [1.82, 2.24) is 4.98 Å². The Morgan fingerprint density at radius 2 is 2.60 bits per heavy atom. The van der Waals surface area contributed by atoms with E-state index >= 15 is 0 Å². The van der Waals surface area contributed by atoms with Crippen LogP contribution in [0.5, 0.6) is 0 Å². The van der Waals surface area contributed by atoms with Gasteiger partial charge in [0.2, 0.25) is 0 Å². The maximum absolute atomic E-state index is 10.5. The van der Waals surface area contributed by atoms with E-state index in [4.69, 9.17) is 0 Å². The van der Waals surface area contributed by atoms with Gasteiger partial charge < -0.3 is 4.79 Å². The summed E-state index contributed by atoms with van der Waals surface area (Å²) in [6.45, 7) is 1.60. The first-order valence-electron chi connectivity index (χ1n) is 3.15. The molecule has 0 N–H and O–H groups in total. The summed E-state index contributed by atoms with van der Waals surface area (Å²) in [4.78, 5) is 14.6. The quantitative estimate of drug-likeness (QED) is 0.664. The van der Waals surface area contributed by atoms with Crippen LogP contribution in [0, 0.1) is 0 Å². The summed E-state index contributed by atoms with van der Waals surface area (Å²) in [5.74, 6) is 0.230. The number of thiazole rings is 1. The third-order valence-electron chi connectivity index (χ3n) is 1.22. The number of carbonyl (C=O) groups excluding carboxylic acids is 1. The Kier molecular flexibility index (Phi) is 2.57. The summed E-state index contributed by atoms with van der Waals surface area (Å²) in [5, 5.41) is 1.98. The van der Waals surface area contributed by atoms with E-state index in [1.165, 1.54) is 0 Å². The zero-order chi connectivity index (χ0) is 7.40. The lowest BCUT2D eigenvalue weighted by molar-refractivity contribution is -0.116. The minimum atomic E-state index is 0.230. The number of ketones is 1. The van der Waals surface area contributed by atoms with E-state index < -0.39 is 0 Å². The summed E-state index contributed by atoms with van der Waals surface area (Å²) in [6.07, 6.45) is 1.41. The van der Waals surface area contributed by atoms with E-state index in [0.717, 1.165) is 12.1 Å². The van der Waals surface area contributed by atoms with Crippen molar-refractivity contribution in [2.24, 2.45) is 0 Å². The van der Waals surface area contributed by atoms with Crippen molar-refractivity contribution < 1.29 is 4.79 Å². The molecule has 0 aliphatic carbocycles. The molecule has 0 radical (unpaired) electrons. The Morgan fingerprint density at radius 3 is 3.10 bits per heavy atom. The Bertz CT molecular complexity index is 205. The van der Waals surface area contributed by atoms with Crippen LogP contribution in [0.4, 0.5) is 0 Å². The molecule has 54 valence electrons. The first-order chi connectivity index (χ1) is 4.79. The Hall–Kier alpha value is -0.700. The predicted molar refractivity (Wildman–Crippen MR) is 41.1 cm³/mol. The van der Waals surface area contributed by atoms with Gasteiger partial charge in [-0.05, 0) is 13.3 Å². The third kappa shape index (κ3) is 2.27. The molecule has 2 nitrogen and oxygen atoms in total. The first-order valence-corrected chi connectivity index (χ1v) is 4.10. The number of hydrogen-bond donors (Lipinski definition) is 0. The van der Waals surface area contributed by atoms with Gasteiger partial charge in [0.05, 0.1) is 11.2 Å². The van der Waals surface area contributed by atoms with Crippen molar-refractivity contribution in [1.29, 1.82) is 0 Å². The highest BCUT2D eigenvalue weighted by atomic mass is 32.1. The fourth-order valence-electron chi connectivity index (χ4n) is 0.665. The van der Waals surface area contributed by atoms with Gasteiger partial charge in [0, 0.05) is 11.8 Å². The summed E-state index contributed by atoms with van der Waals surface area (Å²) in [5.41, 5.74) is 2.82. The van der Waals surface area contributed by atoms with Crippen molar-refractivity contribution in [3.63, 3.8) is 0 Å². The fraction of sp³-hybridized carbons (Fsp3) is 0.429. The smallest absolute Gasteiger partial charge is 0.130 e. The van der Waals surface area contributed by atoms with E-state index in [1.807, 2.05) is 5.38 Å². The fourth-order valence-corrected chi connectivity index (χ4v) is 1.26. The van der Waals surface area contributed by atoms with Crippen LogP contribution < -0.4 is 0 Å². The molecular weight excluding hydrogens is 146 g/mol. The van der Waals surface area contributed by atoms with Gasteiger partial charge in [-0.1, -0.05) is 0 Å². The lowest BCUT2D eigenvalue weighted by atomic mass is 10.2. The van der Waals surface area contributed by atoms with Crippen LogP contribution in [0.3, 0.4) is 0 Å². The van der Waals surface area contributed by atoms with Crippen LogP contribution in [0.1, 0.15) is 19.0 Å². The van der Waals surface area contributed by atoms with E-state index in [9.17, 15) is 4.79 Å². The average molecular weight is 155 g/mol. The second-order valence-electron chi connectivity index (χ2n) is 2.18. The maximum atomic E-state index is 10.5. The monoisotopic (exact) mass is 155 g/mol. The average Bonchev–Trinajstić information content (AvgIpc) is 2.34. The normalized spacial score (nSPS) is 9.70. The highest BCUT2D eigenvalue weighted by molar-refractivity contribution is 7.07.